The van der Waals surface area contributed by atoms with E-state index in [1.807, 2.05) is 24.8 Å². The molecule has 1 saturated heterocycles. The molecule has 1 fully saturated rings. The number of fused-ring (bicyclic) bond motifs is 1. The Morgan fingerprint density at radius 2 is 2.00 bits per heavy atom. The van der Waals surface area contributed by atoms with E-state index in [-0.39, 0.29) is 30.3 Å². The summed E-state index contributed by atoms with van der Waals surface area (Å²) in [6.45, 7) is 7.07. The molecule has 164 valence electrons. The van der Waals surface area contributed by atoms with Gasteiger partial charge in [0.1, 0.15) is 30.4 Å². The molecule has 1 aromatic rings. The highest BCUT2D eigenvalue weighted by Crippen LogP contribution is 2.42. The van der Waals surface area contributed by atoms with Crippen LogP contribution >= 0.6 is 0 Å². The summed E-state index contributed by atoms with van der Waals surface area (Å²) in [4.78, 5) is 26.0. The Morgan fingerprint density at radius 3 is 2.70 bits per heavy atom. The first-order valence-electron chi connectivity index (χ1n) is 10.1. The number of cyclic esters (lactones) is 1. The van der Waals surface area contributed by atoms with Gasteiger partial charge in [-0.05, 0) is 32.3 Å². The predicted octanol–water partition coefficient (Wildman–Crippen LogP) is 2.48. The van der Waals surface area contributed by atoms with Crippen LogP contribution in [0.25, 0.3) is 0 Å². The van der Waals surface area contributed by atoms with Gasteiger partial charge in [-0.15, -0.1) is 0 Å². The maximum Gasteiger partial charge on any atom is 0.342 e. The Labute approximate surface area is 176 Å². The smallest absolute Gasteiger partial charge is 0.342 e. The van der Waals surface area contributed by atoms with Crippen molar-refractivity contribution in [2.45, 2.75) is 39.7 Å². The maximum atomic E-state index is 12.0. The van der Waals surface area contributed by atoms with E-state index in [0.29, 0.717) is 49.7 Å². The van der Waals surface area contributed by atoms with Crippen LogP contribution in [0.1, 0.15) is 46.8 Å². The van der Waals surface area contributed by atoms with Crippen LogP contribution < -0.4 is 4.74 Å². The second kappa shape index (κ2) is 9.95. The summed E-state index contributed by atoms with van der Waals surface area (Å²) < 4.78 is 21.1. The first-order chi connectivity index (χ1) is 14.4. The molecule has 8 nitrogen and oxygen atoms in total. The number of nitrogens with zero attached hydrogens (tertiary/aromatic N) is 1. The summed E-state index contributed by atoms with van der Waals surface area (Å²) in [5.41, 5.74) is 3.22. The fraction of sp³-hybridized carbons (Fsp3) is 0.545. The lowest BCUT2D eigenvalue weighted by Gasteiger charge is -2.25. The highest BCUT2D eigenvalue weighted by Gasteiger charge is 2.31. The van der Waals surface area contributed by atoms with Crippen LogP contribution in [-0.2, 0) is 32.0 Å². The number of esters is 2. The number of methoxy groups -OCH3 is 1. The number of rotatable bonds is 8. The second-order valence-electron chi connectivity index (χ2n) is 7.55. The number of carbonyl (C=O) groups is 2. The molecule has 1 N–H and O–H groups in total. The third kappa shape index (κ3) is 4.94. The standard InChI is InChI=1S/C22H29NO7/c1-14(5-7-18(24)30-13-23-8-10-28-11-9-23)4-6-16-20(25)19-17(12-29-22(19)26)15(2)21(16)27-3/h4,25H,5-13H2,1-3H3/b14-4+. The zero-order chi connectivity index (χ0) is 21.7. The number of phenols is 1. The Bertz CT molecular complexity index is 841. The van der Waals surface area contributed by atoms with Crippen molar-refractivity contribution >= 4 is 11.9 Å². The minimum Gasteiger partial charge on any atom is -0.507 e. The third-order valence-corrected chi connectivity index (χ3v) is 5.54. The van der Waals surface area contributed by atoms with Gasteiger partial charge in [-0.1, -0.05) is 11.6 Å². The fourth-order valence-corrected chi connectivity index (χ4v) is 3.67. The molecule has 0 saturated carbocycles. The lowest BCUT2D eigenvalue weighted by molar-refractivity contribution is -0.150. The van der Waals surface area contributed by atoms with Crippen LogP contribution in [0.2, 0.25) is 0 Å². The van der Waals surface area contributed by atoms with Crippen molar-refractivity contribution < 1.29 is 33.6 Å². The number of morpholine rings is 1. The van der Waals surface area contributed by atoms with Crippen LogP contribution in [0.5, 0.6) is 11.5 Å². The van der Waals surface area contributed by atoms with Crippen molar-refractivity contribution in [3.8, 4) is 11.5 Å². The molecular formula is C22H29NO7. The van der Waals surface area contributed by atoms with Crippen molar-refractivity contribution in [3.05, 3.63) is 33.9 Å². The molecule has 0 atom stereocenters. The Balaban J connectivity index is 1.58. The van der Waals surface area contributed by atoms with Crippen molar-refractivity contribution in [2.24, 2.45) is 0 Å². The normalized spacial score (nSPS) is 16.9. The monoisotopic (exact) mass is 419 g/mol. The van der Waals surface area contributed by atoms with Crippen LogP contribution in [0.4, 0.5) is 0 Å². The zero-order valence-electron chi connectivity index (χ0n) is 17.8. The Kier molecular flexibility index (Phi) is 7.33. The van der Waals surface area contributed by atoms with Gasteiger partial charge in [0.25, 0.3) is 0 Å². The highest BCUT2D eigenvalue weighted by molar-refractivity contribution is 5.98. The van der Waals surface area contributed by atoms with Crippen LogP contribution in [0.15, 0.2) is 11.6 Å². The molecule has 2 aliphatic heterocycles. The largest absolute Gasteiger partial charge is 0.507 e. The van der Waals surface area contributed by atoms with E-state index < -0.39 is 5.97 Å². The summed E-state index contributed by atoms with van der Waals surface area (Å²) in [6, 6.07) is 0. The summed E-state index contributed by atoms with van der Waals surface area (Å²) in [7, 11) is 1.54. The molecule has 2 heterocycles. The first-order valence-corrected chi connectivity index (χ1v) is 10.1. The van der Waals surface area contributed by atoms with Gasteiger partial charge in [-0.25, -0.2) is 4.79 Å². The molecule has 0 amide bonds. The number of hydrogen-bond donors (Lipinski definition) is 1. The molecule has 2 aliphatic rings. The van der Waals surface area contributed by atoms with Gasteiger partial charge in [0, 0.05) is 30.6 Å². The minimum absolute atomic E-state index is 0.0936. The number of phenolic OH excluding ortho intramolecular Hbond substituents is 1. The highest BCUT2D eigenvalue weighted by atomic mass is 16.5. The minimum atomic E-state index is -0.516. The number of hydrogen-bond acceptors (Lipinski definition) is 8. The average Bonchev–Trinajstić information content (AvgIpc) is 3.15. The van der Waals surface area contributed by atoms with Crippen LogP contribution in [0.3, 0.4) is 0 Å². The van der Waals surface area contributed by atoms with Crippen molar-refractivity contribution in [1.82, 2.24) is 4.90 Å². The lowest BCUT2D eigenvalue weighted by Crippen LogP contribution is -2.38. The van der Waals surface area contributed by atoms with Gasteiger partial charge in [-0.2, -0.15) is 0 Å². The van der Waals surface area contributed by atoms with Gasteiger partial charge in [0.05, 0.1) is 20.3 Å². The topological polar surface area (TPSA) is 94.5 Å². The number of ether oxygens (including phenoxy) is 4. The Hall–Kier alpha value is -2.58. The summed E-state index contributed by atoms with van der Waals surface area (Å²) in [6.07, 6.45) is 3.15. The predicted molar refractivity (Wildman–Crippen MR) is 109 cm³/mol. The average molecular weight is 419 g/mol. The van der Waals surface area contributed by atoms with Crippen molar-refractivity contribution in [3.63, 3.8) is 0 Å². The molecule has 0 aliphatic carbocycles. The molecule has 8 heteroatoms. The molecule has 3 rings (SSSR count). The molecule has 30 heavy (non-hydrogen) atoms. The number of aromatic hydroxyl groups is 1. The summed E-state index contributed by atoms with van der Waals surface area (Å²) >= 11 is 0. The van der Waals surface area contributed by atoms with E-state index in [4.69, 9.17) is 18.9 Å². The first kappa shape index (κ1) is 22.1. The van der Waals surface area contributed by atoms with Crippen molar-refractivity contribution in [1.29, 1.82) is 0 Å². The summed E-state index contributed by atoms with van der Waals surface area (Å²) in [5.74, 6) is -0.300. The van der Waals surface area contributed by atoms with E-state index in [0.717, 1.165) is 24.2 Å². The molecule has 1 aromatic carbocycles. The number of benzene rings is 1. The van der Waals surface area contributed by atoms with E-state index in [1.54, 1.807) is 0 Å². The van der Waals surface area contributed by atoms with Gasteiger partial charge in [-0.3, -0.25) is 9.69 Å². The van der Waals surface area contributed by atoms with Gasteiger partial charge >= 0.3 is 11.9 Å². The molecule has 0 spiro atoms. The van der Waals surface area contributed by atoms with E-state index in [1.165, 1.54) is 7.11 Å². The van der Waals surface area contributed by atoms with Crippen molar-refractivity contribution in [2.75, 3.05) is 40.1 Å². The lowest BCUT2D eigenvalue weighted by atomic mass is 9.94. The SMILES string of the molecule is COc1c(C)c2c(c(O)c1C/C=C(\C)CCC(=O)OCN1CCOCC1)C(=O)OC2. The second-order valence-corrected chi connectivity index (χ2v) is 7.55. The van der Waals surface area contributed by atoms with E-state index >= 15 is 0 Å². The molecular weight excluding hydrogens is 390 g/mol. The van der Waals surface area contributed by atoms with Gasteiger partial charge < -0.3 is 24.1 Å². The molecule has 0 radical (unpaired) electrons. The van der Waals surface area contributed by atoms with Gasteiger partial charge in [0.15, 0.2) is 0 Å². The quantitative estimate of drug-likeness (QED) is 0.507. The third-order valence-electron chi connectivity index (χ3n) is 5.54. The fourth-order valence-electron chi connectivity index (χ4n) is 3.67. The Morgan fingerprint density at radius 1 is 1.27 bits per heavy atom. The summed E-state index contributed by atoms with van der Waals surface area (Å²) in [5, 5.41) is 10.6. The molecule has 0 bridgehead atoms. The van der Waals surface area contributed by atoms with Crippen LogP contribution in [-0.4, -0.2) is 62.1 Å². The maximum absolute atomic E-state index is 12.0. The van der Waals surface area contributed by atoms with E-state index in [2.05, 4.69) is 0 Å². The molecule has 0 unspecified atom stereocenters. The number of allylic oxidation sites excluding steroid dienone is 2. The van der Waals surface area contributed by atoms with Crippen LogP contribution in [0, 0.1) is 6.92 Å². The van der Waals surface area contributed by atoms with Gasteiger partial charge in [0.2, 0.25) is 0 Å². The molecule has 0 aromatic heterocycles. The van der Waals surface area contributed by atoms with E-state index in [9.17, 15) is 14.7 Å². The zero-order valence-corrected chi connectivity index (χ0v) is 17.8. The number of carbonyl (C=O) groups excluding carboxylic acids is 2.